The average molecular weight is 345 g/mol. The summed E-state index contributed by atoms with van der Waals surface area (Å²) in [6.07, 6.45) is 9.34. The lowest BCUT2D eigenvalue weighted by molar-refractivity contribution is -0.0155. The highest BCUT2D eigenvalue weighted by Gasteiger charge is 2.38. The fourth-order valence-corrected chi connectivity index (χ4v) is 4.37. The van der Waals surface area contributed by atoms with Crippen LogP contribution in [0.25, 0.3) is 0 Å². The summed E-state index contributed by atoms with van der Waals surface area (Å²) in [6, 6.07) is 4.52. The molecule has 4 heteroatoms. The summed E-state index contributed by atoms with van der Waals surface area (Å²) in [5.41, 5.74) is 2.63. The Morgan fingerprint density at radius 3 is 2.72 bits per heavy atom. The topological polar surface area (TPSA) is 41.9 Å². The quantitative estimate of drug-likeness (QED) is 0.630. The Labute approximate surface area is 151 Å². The number of benzene rings is 1. The standard InChI is InChI=1S/C21H31NO3/c1-4-5-6-7-8-16-14-22-10-9-15-11-20(24-2)21(25-3)12-17(15)18(22)13-19(16)23/h4-5,11-12,16,18-19,23H,6-10,13-14H2,1-3H3/b5-4+/t16-,18-,19-/m1/s1. The van der Waals surface area contributed by atoms with E-state index in [1.54, 1.807) is 14.2 Å². The molecule has 2 aliphatic heterocycles. The van der Waals surface area contributed by atoms with Crippen molar-refractivity contribution in [1.82, 2.24) is 4.90 Å². The van der Waals surface area contributed by atoms with E-state index in [9.17, 15) is 5.11 Å². The number of methoxy groups -OCH3 is 2. The molecule has 0 spiro atoms. The van der Waals surface area contributed by atoms with Gasteiger partial charge < -0.3 is 14.6 Å². The molecule has 1 aromatic rings. The van der Waals surface area contributed by atoms with E-state index in [0.29, 0.717) is 12.0 Å². The lowest BCUT2D eigenvalue weighted by Gasteiger charge is -2.46. The van der Waals surface area contributed by atoms with Crippen LogP contribution in [0.5, 0.6) is 11.5 Å². The van der Waals surface area contributed by atoms with E-state index in [1.807, 2.05) is 0 Å². The summed E-state index contributed by atoms with van der Waals surface area (Å²) in [7, 11) is 3.36. The van der Waals surface area contributed by atoms with Crippen LogP contribution in [-0.2, 0) is 6.42 Å². The van der Waals surface area contributed by atoms with Crippen molar-refractivity contribution in [2.45, 2.75) is 51.2 Å². The van der Waals surface area contributed by atoms with Crippen molar-refractivity contribution in [3.05, 3.63) is 35.4 Å². The molecule has 1 saturated heterocycles. The molecule has 25 heavy (non-hydrogen) atoms. The number of hydrogen-bond acceptors (Lipinski definition) is 4. The second-order valence-electron chi connectivity index (χ2n) is 7.23. The molecule has 0 aliphatic carbocycles. The number of aliphatic hydroxyl groups excluding tert-OH is 1. The van der Waals surface area contributed by atoms with Gasteiger partial charge in [-0.1, -0.05) is 12.2 Å². The largest absolute Gasteiger partial charge is 0.493 e. The molecule has 138 valence electrons. The second kappa shape index (κ2) is 8.24. The summed E-state index contributed by atoms with van der Waals surface area (Å²) in [5, 5.41) is 10.7. The molecule has 0 unspecified atom stereocenters. The predicted octanol–water partition coefficient (Wildman–Crippen LogP) is 3.73. The van der Waals surface area contributed by atoms with E-state index in [2.05, 4.69) is 36.1 Å². The van der Waals surface area contributed by atoms with Crippen molar-refractivity contribution in [3.63, 3.8) is 0 Å². The van der Waals surface area contributed by atoms with Crippen molar-refractivity contribution in [3.8, 4) is 11.5 Å². The lowest BCUT2D eigenvalue weighted by Crippen LogP contribution is -2.47. The minimum atomic E-state index is -0.217. The first kappa shape index (κ1) is 18.3. The Balaban J connectivity index is 1.74. The van der Waals surface area contributed by atoms with Crippen LogP contribution in [0.1, 0.15) is 49.8 Å². The molecule has 3 atom stereocenters. The third kappa shape index (κ3) is 3.85. The van der Waals surface area contributed by atoms with Gasteiger partial charge in [0.1, 0.15) is 0 Å². The molecule has 3 rings (SSSR count). The molecular formula is C21H31NO3. The van der Waals surface area contributed by atoms with E-state index in [0.717, 1.165) is 56.7 Å². The van der Waals surface area contributed by atoms with Crippen LogP contribution < -0.4 is 9.47 Å². The zero-order chi connectivity index (χ0) is 17.8. The van der Waals surface area contributed by atoms with Crippen molar-refractivity contribution in [1.29, 1.82) is 0 Å². The number of aliphatic hydroxyl groups is 1. The predicted molar refractivity (Wildman–Crippen MR) is 100 cm³/mol. The molecule has 4 nitrogen and oxygen atoms in total. The van der Waals surface area contributed by atoms with Crippen LogP contribution in [0.3, 0.4) is 0 Å². The van der Waals surface area contributed by atoms with E-state index in [-0.39, 0.29) is 6.10 Å². The lowest BCUT2D eigenvalue weighted by atomic mass is 9.80. The smallest absolute Gasteiger partial charge is 0.161 e. The molecule has 0 aromatic heterocycles. The maximum absolute atomic E-state index is 10.7. The van der Waals surface area contributed by atoms with Crippen molar-refractivity contribution in [2.75, 3.05) is 27.3 Å². The molecule has 0 bridgehead atoms. The SMILES string of the molecule is C/C=C/CCC[C@@H]1CN2CCc3cc(OC)c(OC)cc3[C@H]2C[C@H]1O. The van der Waals surface area contributed by atoms with Gasteiger partial charge in [-0.25, -0.2) is 0 Å². The van der Waals surface area contributed by atoms with Crippen LogP contribution in [0.2, 0.25) is 0 Å². The van der Waals surface area contributed by atoms with Gasteiger partial charge in [-0.2, -0.15) is 0 Å². The summed E-state index contributed by atoms with van der Waals surface area (Å²) in [5.74, 6) is 1.97. The Bertz CT molecular complexity index is 613. The van der Waals surface area contributed by atoms with Gasteiger partial charge in [0, 0.05) is 19.1 Å². The fraction of sp³-hybridized carbons (Fsp3) is 0.619. The number of ether oxygens (including phenoxy) is 2. The molecule has 0 radical (unpaired) electrons. The number of rotatable bonds is 6. The van der Waals surface area contributed by atoms with Crippen LogP contribution >= 0.6 is 0 Å². The van der Waals surface area contributed by atoms with Gasteiger partial charge in [-0.3, -0.25) is 4.90 Å². The third-order valence-electron chi connectivity index (χ3n) is 5.77. The summed E-state index contributed by atoms with van der Waals surface area (Å²) in [4.78, 5) is 2.56. The van der Waals surface area contributed by atoms with E-state index in [1.165, 1.54) is 11.1 Å². The molecule has 1 aromatic carbocycles. The number of unbranched alkanes of at least 4 members (excludes halogenated alkanes) is 1. The summed E-state index contributed by atoms with van der Waals surface area (Å²) in [6.45, 7) is 4.12. The first-order valence-corrected chi connectivity index (χ1v) is 9.46. The van der Waals surface area contributed by atoms with Gasteiger partial charge in [-0.15, -0.1) is 0 Å². The molecular weight excluding hydrogens is 314 g/mol. The maximum atomic E-state index is 10.7. The van der Waals surface area contributed by atoms with Crippen LogP contribution in [-0.4, -0.2) is 43.4 Å². The number of piperidine rings is 1. The van der Waals surface area contributed by atoms with Crippen molar-refractivity contribution >= 4 is 0 Å². The monoisotopic (exact) mass is 345 g/mol. The van der Waals surface area contributed by atoms with Gasteiger partial charge in [0.05, 0.1) is 20.3 Å². The Kier molecular flexibility index (Phi) is 6.02. The highest BCUT2D eigenvalue weighted by atomic mass is 16.5. The molecule has 1 N–H and O–H groups in total. The molecule has 1 fully saturated rings. The highest BCUT2D eigenvalue weighted by molar-refractivity contribution is 5.49. The van der Waals surface area contributed by atoms with Gasteiger partial charge in [0.2, 0.25) is 0 Å². The van der Waals surface area contributed by atoms with Crippen molar-refractivity contribution < 1.29 is 14.6 Å². The zero-order valence-corrected chi connectivity index (χ0v) is 15.7. The van der Waals surface area contributed by atoms with Crippen LogP contribution in [0.15, 0.2) is 24.3 Å². The third-order valence-corrected chi connectivity index (χ3v) is 5.77. The van der Waals surface area contributed by atoms with E-state index < -0.39 is 0 Å². The van der Waals surface area contributed by atoms with Crippen LogP contribution in [0.4, 0.5) is 0 Å². The fourth-order valence-electron chi connectivity index (χ4n) is 4.37. The first-order valence-electron chi connectivity index (χ1n) is 9.46. The summed E-state index contributed by atoms with van der Waals surface area (Å²) < 4.78 is 10.9. The van der Waals surface area contributed by atoms with E-state index >= 15 is 0 Å². The molecule has 2 aliphatic rings. The molecule has 2 heterocycles. The second-order valence-corrected chi connectivity index (χ2v) is 7.23. The Hall–Kier alpha value is -1.52. The van der Waals surface area contributed by atoms with Gasteiger partial charge in [0.15, 0.2) is 11.5 Å². The number of fused-ring (bicyclic) bond motifs is 3. The maximum Gasteiger partial charge on any atom is 0.161 e. The minimum Gasteiger partial charge on any atom is -0.493 e. The molecule has 0 amide bonds. The molecule has 0 saturated carbocycles. The van der Waals surface area contributed by atoms with Crippen molar-refractivity contribution in [2.24, 2.45) is 5.92 Å². The number of allylic oxidation sites excluding steroid dienone is 2. The Morgan fingerprint density at radius 1 is 1.24 bits per heavy atom. The number of nitrogens with zero attached hydrogens (tertiary/aromatic N) is 1. The summed E-state index contributed by atoms with van der Waals surface area (Å²) >= 11 is 0. The average Bonchev–Trinajstić information content (AvgIpc) is 2.64. The zero-order valence-electron chi connectivity index (χ0n) is 15.7. The van der Waals surface area contributed by atoms with E-state index in [4.69, 9.17) is 9.47 Å². The first-order chi connectivity index (χ1) is 12.2. The van der Waals surface area contributed by atoms with Gasteiger partial charge in [0.25, 0.3) is 0 Å². The normalized spacial score (nSPS) is 26.3. The van der Waals surface area contributed by atoms with Gasteiger partial charge in [-0.05, 0) is 68.2 Å². The minimum absolute atomic E-state index is 0.217. The number of hydrogen-bond donors (Lipinski definition) is 1. The van der Waals surface area contributed by atoms with Gasteiger partial charge >= 0.3 is 0 Å². The highest BCUT2D eigenvalue weighted by Crippen LogP contribution is 2.43. The van der Waals surface area contributed by atoms with Crippen LogP contribution in [0, 0.1) is 5.92 Å². The Morgan fingerprint density at radius 2 is 2.00 bits per heavy atom.